The third kappa shape index (κ3) is 4.31. The Hall–Kier alpha value is -2.86. The van der Waals surface area contributed by atoms with Gasteiger partial charge < -0.3 is 20.9 Å². The van der Waals surface area contributed by atoms with Gasteiger partial charge in [0.25, 0.3) is 5.91 Å². The summed E-state index contributed by atoms with van der Waals surface area (Å²) in [5.41, 5.74) is 6.31. The van der Waals surface area contributed by atoms with Gasteiger partial charge in [0.1, 0.15) is 11.7 Å². The molecule has 3 aliphatic rings. The van der Waals surface area contributed by atoms with E-state index in [0.717, 1.165) is 51.3 Å². The third-order valence-corrected chi connectivity index (χ3v) is 7.29. The van der Waals surface area contributed by atoms with Crippen molar-refractivity contribution >= 4 is 23.3 Å². The molecule has 0 radical (unpaired) electrons. The maximum atomic E-state index is 13.5. The van der Waals surface area contributed by atoms with Crippen molar-refractivity contribution in [2.45, 2.75) is 37.5 Å². The SMILES string of the molecule is CN1CCC(N2CCC(C(=O)N3CC(F)C3)CC2)C(NC(=O)c2c(N)nn3cc(F)cnc23)C1. The van der Waals surface area contributed by atoms with Gasteiger partial charge >= 0.3 is 0 Å². The van der Waals surface area contributed by atoms with Gasteiger partial charge in [-0.3, -0.25) is 14.5 Å². The van der Waals surface area contributed by atoms with E-state index in [9.17, 15) is 18.4 Å². The number of likely N-dealkylation sites (tertiary alicyclic amines) is 3. The molecule has 0 aromatic carbocycles. The van der Waals surface area contributed by atoms with Gasteiger partial charge in [0, 0.05) is 18.5 Å². The maximum absolute atomic E-state index is 13.5. The molecular formula is C22H30F2N8O2. The van der Waals surface area contributed by atoms with Crippen LogP contribution >= 0.6 is 0 Å². The Morgan fingerprint density at radius 2 is 1.88 bits per heavy atom. The number of amides is 2. The monoisotopic (exact) mass is 476 g/mol. The molecule has 10 nitrogen and oxygen atoms in total. The summed E-state index contributed by atoms with van der Waals surface area (Å²) in [6.45, 7) is 3.52. The average Bonchev–Trinajstić information content (AvgIpc) is 3.11. The zero-order valence-electron chi connectivity index (χ0n) is 19.2. The van der Waals surface area contributed by atoms with Crippen molar-refractivity contribution in [3.63, 3.8) is 0 Å². The molecule has 34 heavy (non-hydrogen) atoms. The molecule has 0 spiro atoms. The fourth-order valence-electron chi connectivity index (χ4n) is 5.41. The number of hydrogen-bond acceptors (Lipinski definition) is 7. The summed E-state index contributed by atoms with van der Waals surface area (Å²) in [5.74, 6) is -0.962. The molecule has 2 atom stereocenters. The lowest BCUT2D eigenvalue weighted by Crippen LogP contribution is -2.61. The van der Waals surface area contributed by atoms with Gasteiger partial charge in [-0.15, -0.1) is 5.10 Å². The molecule has 0 saturated carbocycles. The molecule has 3 aliphatic heterocycles. The van der Waals surface area contributed by atoms with E-state index in [-0.39, 0.29) is 59.9 Å². The molecule has 2 aromatic heterocycles. The van der Waals surface area contributed by atoms with Gasteiger partial charge in [-0.2, -0.15) is 0 Å². The number of nitrogen functional groups attached to an aromatic ring is 1. The molecule has 3 saturated heterocycles. The Morgan fingerprint density at radius 3 is 2.59 bits per heavy atom. The third-order valence-electron chi connectivity index (χ3n) is 7.29. The van der Waals surface area contributed by atoms with Crippen LogP contribution in [0, 0.1) is 11.7 Å². The zero-order chi connectivity index (χ0) is 24.0. The van der Waals surface area contributed by atoms with E-state index < -0.39 is 12.0 Å². The number of rotatable bonds is 4. The van der Waals surface area contributed by atoms with Crippen LogP contribution in [0.25, 0.3) is 5.65 Å². The van der Waals surface area contributed by atoms with E-state index >= 15 is 0 Å². The number of halogens is 2. The number of hydrogen-bond donors (Lipinski definition) is 2. The minimum atomic E-state index is -0.885. The largest absolute Gasteiger partial charge is 0.381 e. The number of carbonyl (C=O) groups is 2. The molecule has 184 valence electrons. The second-order valence-electron chi connectivity index (χ2n) is 9.65. The van der Waals surface area contributed by atoms with Crippen molar-refractivity contribution in [2.75, 3.05) is 52.0 Å². The highest BCUT2D eigenvalue weighted by atomic mass is 19.1. The molecule has 5 heterocycles. The predicted molar refractivity (Wildman–Crippen MR) is 120 cm³/mol. The van der Waals surface area contributed by atoms with Crippen molar-refractivity contribution < 1.29 is 18.4 Å². The molecule has 12 heteroatoms. The van der Waals surface area contributed by atoms with E-state index in [4.69, 9.17) is 5.73 Å². The number of aromatic nitrogens is 3. The minimum absolute atomic E-state index is 0.00264. The van der Waals surface area contributed by atoms with Gasteiger partial charge in [0.15, 0.2) is 17.3 Å². The topological polar surface area (TPSA) is 112 Å². The molecule has 5 rings (SSSR count). The summed E-state index contributed by atoms with van der Waals surface area (Å²) in [6, 6.07) is -0.0418. The molecule has 3 fully saturated rings. The number of likely N-dealkylation sites (N-methyl/N-ethyl adjacent to an activating group) is 1. The van der Waals surface area contributed by atoms with E-state index in [1.807, 2.05) is 7.05 Å². The van der Waals surface area contributed by atoms with Crippen LogP contribution in [0.5, 0.6) is 0 Å². The molecule has 3 N–H and O–H groups in total. The predicted octanol–water partition coefficient (Wildman–Crippen LogP) is 0.145. The summed E-state index contributed by atoms with van der Waals surface area (Å²) in [4.78, 5) is 35.9. The van der Waals surface area contributed by atoms with Crippen LogP contribution in [0.4, 0.5) is 14.6 Å². The Bertz CT molecular complexity index is 1080. The lowest BCUT2D eigenvalue weighted by atomic mass is 9.90. The second kappa shape index (κ2) is 9.06. The van der Waals surface area contributed by atoms with E-state index in [1.54, 1.807) is 4.90 Å². The normalized spacial score (nSPS) is 25.4. The number of piperidine rings is 2. The summed E-state index contributed by atoms with van der Waals surface area (Å²) in [5, 5.41) is 7.13. The smallest absolute Gasteiger partial charge is 0.259 e. The van der Waals surface area contributed by atoms with Crippen LogP contribution in [-0.4, -0.2) is 106 Å². The first-order valence-electron chi connectivity index (χ1n) is 11.8. The number of nitrogens with one attached hydrogen (secondary N) is 1. The van der Waals surface area contributed by atoms with Crippen LogP contribution in [-0.2, 0) is 4.79 Å². The van der Waals surface area contributed by atoms with Gasteiger partial charge in [-0.1, -0.05) is 0 Å². The number of carbonyl (C=O) groups excluding carboxylic acids is 2. The standard InChI is InChI=1S/C22H30F2N8O2/c1-29-5-4-17(30-6-2-13(3-7-30)22(34)31-9-15(24)10-31)16(12-29)27-21(33)18-19(25)28-32-11-14(23)8-26-20(18)32/h8,11,13,15-17H,2-7,9-10,12H2,1H3,(H2,25,28)(H,27,33). The van der Waals surface area contributed by atoms with E-state index in [0.29, 0.717) is 6.54 Å². The van der Waals surface area contributed by atoms with Gasteiger partial charge in [-0.05, 0) is 45.9 Å². The molecular weight excluding hydrogens is 446 g/mol. The van der Waals surface area contributed by atoms with Crippen molar-refractivity contribution in [3.05, 3.63) is 23.8 Å². The van der Waals surface area contributed by atoms with Gasteiger partial charge in [0.05, 0.1) is 31.5 Å². The molecule has 2 aromatic rings. The summed E-state index contributed by atoms with van der Waals surface area (Å²) in [6.07, 6.45) is 3.62. The fraction of sp³-hybridized carbons (Fsp3) is 0.636. The summed E-state index contributed by atoms with van der Waals surface area (Å²) >= 11 is 0. The summed E-state index contributed by atoms with van der Waals surface area (Å²) < 4.78 is 27.8. The van der Waals surface area contributed by atoms with Gasteiger partial charge in [-0.25, -0.2) is 18.3 Å². The summed E-state index contributed by atoms with van der Waals surface area (Å²) in [7, 11) is 2.01. The number of nitrogens with two attached hydrogens (primary N) is 1. The quantitative estimate of drug-likeness (QED) is 0.646. The number of alkyl halides is 1. The Balaban J connectivity index is 1.26. The first kappa shape index (κ1) is 22.9. The molecule has 0 aliphatic carbocycles. The van der Waals surface area contributed by atoms with Crippen molar-refractivity contribution in [1.29, 1.82) is 0 Å². The van der Waals surface area contributed by atoms with E-state index in [1.165, 1.54) is 4.52 Å². The van der Waals surface area contributed by atoms with Crippen LogP contribution in [0.3, 0.4) is 0 Å². The van der Waals surface area contributed by atoms with Crippen LogP contribution in [0.15, 0.2) is 12.4 Å². The number of anilines is 1. The van der Waals surface area contributed by atoms with Crippen molar-refractivity contribution in [1.82, 2.24) is 34.6 Å². The van der Waals surface area contributed by atoms with Gasteiger partial charge in [0.2, 0.25) is 5.91 Å². The molecule has 2 unspecified atom stereocenters. The highest BCUT2D eigenvalue weighted by molar-refractivity contribution is 6.04. The lowest BCUT2D eigenvalue weighted by Gasteiger charge is -2.46. The highest BCUT2D eigenvalue weighted by Gasteiger charge is 2.39. The highest BCUT2D eigenvalue weighted by Crippen LogP contribution is 2.27. The first-order chi connectivity index (χ1) is 16.3. The lowest BCUT2D eigenvalue weighted by molar-refractivity contribution is -0.144. The van der Waals surface area contributed by atoms with Crippen molar-refractivity contribution in [2.24, 2.45) is 5.92 Å². The Morgan fingerprint density at radius 1 is 1.15 bits per heavy atom. The number of fused-ring (bicyclic) bond motifs is 1. The second-order valence-corrected chi connectivity index (χ2v) is 9.65. The Kier molecular flexibility index (Phi) is 6.11. The minimum Gasteiger partial charge on any atom is -0.381 e. The molecule has 2 amide bonds. The first-order valence-corrected chi connectivity index (χ1v) is 11.8. The zero-order valence-corrected chi connectivity index (χ0v) is 19.2. The average molecular weight is 477 g/mol. The molecule has 0 bridgehead atoms. The van der Waals surface area contributed by atoms with Crippen LogP contribution in [0.1, 0.15) is 29.6 Å². The van der Waals surface area contributed by atoms with Crippen LogP contribution in [0.2, 0.25) is 0 Å². The number of nitrogens with zero attached hydrogens (tertiary/aromatic N) is 6. The Labute approximate surface area is 196 Å². The van der Waals surface area contributed by atoms with Crippen LogP contribution < -0.4 is 11.1 Å². The fourth-order valence-corrected chi connectivity index (χ4v) is 5.41. The van der Waals surface area contributed by atoms with Crippen molar-refractivity contribution in [3.8, 4) is 0 Å². The maximum Gasteiger partial charge on any atom is 0.259 e. The van der Waals surface area contributed by atoms with E-state index in [2.05, 4.69) is 25.2 Å².